The van der Waals surface area contributed by atoms with E-state index in [1.54, 1.807) is 30.5 Å². The quantitative estimate of drug-likeness (QED) is 0.165. The van der Waals surface area contributed by atoms with Crippen LogP contribution in [-0.4, -0.2) is 42.8 Å². The third-order valence-corrected chi connectivity index (χ3v) is 5.59. The van der Waals surface area contributed by atoms with Crippen molar-refractivity contribution >= 4 is 22.7 Å². The first-order valence-electron chi connectivity index (χ1n) is 9.86. The molecule has 0 spiro atoms. The maximum atomic E-state index is 13.5. The summed E-state index contributed by atoms with van der Waals surface area (Å²) in [6, 6.07) is 8.26. The third-order valence-electron chi connectivity index (χ3n) is 4.68. The van der Waals surface area contributed by atoms with Crippen LogP contribution in [0.3, 0.4) is 0 Å². The van der Waals surface area contributed by atoms with E-state index in [9.17, 15) is 27.2 Å². The van der Waals surface area contributed by atoms with Crippen LogP contribution in [0.4, 0.5) is 22.0 Å². The van der Waals surface area contributed by atoms with Crippen LogP contribution in [0.5, 0.6) is 11.6 Å². The van der Waals surface area contributed by atoms with Crippen LogP contribution in [0.2, 0.25) is 0 Å². The van der Waals surface area contributed by atoms with Gasteiger partial charge in [-0.2, -0.15) is 27.1 Å². The predicted octanol–water partition coefficient (Wildman–Crippen LogP) is 5.12. The van der Waals surface area contributed by atoms with Crippen LogP contribution < -0.4 is 9.47 Å². The number of rotatable bonds is 7. The van der Waals surface area contributed by atoms with Gasteiger partial charge in [-0.15, -0.1) is 11.8 Å². The molecule has 0 radical (unpaired) electrons. The van der Waals surface area contributed by atoms with Crippen molar-refractivity contribution in [3.05, 3.63) is 55.1 Å². The molecular formula is C21H17F5N5O2S+. The molecule has 0 amide bonds. The fourth-order valence-electron chi connectivity index (χ4n) is 3.14. The fraction of sp³-hybridized carbons (Fsp3) is 0.238. The number of ether oxygens (including phenoxy) is 1. The lowest BCUT2D eigenvalue weighted by Gasteiger charge is -2.19. The predicted molar refractivity (Wildman–Crippen MR) is 112 cm³/mol. The van der Waals surface area contributed by atoms with E-state index in [1.807, 2.05) is 6.92 Å². The Morgan fingerprint density at radius 3 is 2.59 bits per heavy atom. The Hall–Kier alpha value is -3.48. The van der Waals surface area contributed by atoms with E-state index < -0.39 is 18.6 Å². The Kier molecular flexibility index (Phi) is 6.30. The minimum Gasteiger partial charge on any atom is -0.433 e. The van der Waals surface area contributed by atoms with Crippen LogP contribution in [0.15, 0.2) is 60.0 Å². The van der Waals surface area contributed by atoms with Crippen LogP contribution >= 0.6 is 11.8 Å². The summed E-state index contributed by atoms with van der Waals surface area (Å²) in [5.41, 5.74) is 0.546. The summed E-state index contributed by atoms with van der Waals surface area (Å²) in [4.78, 5) is 8.86. The van der Waals surface area contributed by atoms with Gasteiger partial charge in [-0.05, 0) is 17.9 Å². The first-order valence-corrected chi connectivity index (χ1v) is 10.8. The third kappa shape index (κ3) is 4.74. The lowest BCUT2D eigenvalue weighted by atomic mass is 10.2. The van der Waals surface area contributed by atoms with Crippen molar-refractivity contribution in [2.24, 2.45) is 0 Å². The molecule has 7 nitrogen and oxygen atoms in total. The fourth-order valence-corrected chi connectivity index (χ4v) is 3.98. The first-order chi connectivity index (χ1) is 16.1. The summed E-state index contributed by atoms with van der Waals surface area (Å²) in [6.45, 7) is 0.238. The Labute approximate surface area is 193 Å². The number of hydrogen-bond acceptors (Lipinski definition) is 6. The molecule has 0 aliphatic rings. The molecule has 0 saturated carbocycles. The van der Waals surface area contributed by atoms with Crippen LogP contribution in [0.1, 0.15) is 6.92 Å². The van der Waals surface area contributed by atoms with Gasteiger partial charge in [-0.1, -0.05) is 13.0 Å². The molecule has 13 heteroatoms. The second-order valence-corrected chi connectivity index (χ2v) is 8.37. The summed E-state index contributed by atoms with van der Waals surface area (Å²) in [7, 11) is 0. The summed E-state index contributed by atoms with van der Waals surface area (Å²) in [5, 5.41) is 14.6. The van der Waals surface area contributed by atoms with E-state index in [-0.39, 0.29) is 22.3 Å². The smallest absolute Gasteiger partial charge is 0.433 e. The van der Waals surface area contributed by atoms with E-state index in [0.717, 1.165) is 10.9 Å². The van der Waals surface area contributed by atoms with Gasteiger partial charge in [0.2, 0.25) is 5.88 Å². The van der Waals surface area contributed by atoms with Gasteiger partial charge in [0.15, 0.2) is 5.75 Å². The first kappa shape index (κ1) is 23.7. The van der Waals surface area contributed by atoms with Gasteiger partial charge in [0.05, 0.1) is 22.8 Å². The lowest BCUT2D eigenvalue weighted by molar-refractivity contribution is -0.897. The summed E-state index contributed by atoms with van der Waals surface area (Å²) in [6.07, 6.45) is -0.527. The van der Waals surface area contributed by atoms with Crippen molar-refractivity contribution in [1.82, 2.24) is 19.7 Å². The largest absolute Gasteiger partial charge is 0.455 e. The molecule has 4 heterocycles. The van der Waals surface area contributed by atoms with Crippen molar-refractivity contribution in [2.45, 2.75) is 30.5 Å². The van der Waals surface area contributed by atoms with Crippen molar-refractivity contribution in [1.29, 1.82) is 0 Å². The standard InChI is InChI=1S/C21H17F5N5O2S/c1-2-34-17-8-14(33-18-5-3-4-6-27-18)11-31(32)19(17)15-7-13-9-29-30(16(13)10-28-15)12-20(22,23)21(24,25)26/h3-11,32H,2,12H2,1H3/q+1. The molecule has 0 aliphatic heterocycles. The Balaban J connectivity index is 1.71. The highest BCUT2D eigenvalue weighted by atomic mass is 32.2. The van der Waals surface area contributed by atoms with Crippen LogP contribution in [-0.2, 0) is 6.54 Å². The number of aromatic nitrogens is 5. The van der Waals surface area contributed by atoms with Gasteiger partial charge in [-0.3, -0.25) is 9.89 Å². The summed E-state index contributed by atoms with van der Waals surface area (Å²) < 4.78 is 71.8. The number of alkyl halides is 5. The van der Waals surface area contributed by atoms with Gasteiger partial charge >= 0.3 is 12.1 Å². The van der Waals surface area contributed by atoms with E-state index >= 15 is 0 Å². The number of thioether (sulfide) groups is 1. The normalized spacial score (nSPS) is 12.3. The van der Waals surface area contributed by atoms with E-state index in [0.29, 0.717) is 27.0 Å². The SMILES string of the molecule is CCSc1cc(Oc2ccccn2)c[n+](O)c1-c1cc2cnn(CC(F)(F)C(F)(F)F)c2cn1. The van der Waals surface area contributed by atoms with Gasteiger partial charge in [-0.25, -0.2) is 9.97 Å². The van der Waals surface area contributed by atoms with Crippen LogP contribution in [0.25, 0.3) is 22.3 Å². The zero-order valence-corrected chi connectivity index (χ0v) is 18.3. The average molecular weight is 498 g/mol. The molecule has 4 aromatic heterocycles. The molecule has 1 N–H and O–H groups in total. The maximum absolute atomic E-state index is 13.5. The minimum absolute atomic E-state index is 0.00281. The highest BCUT2D eigenvalue weighted by Crippen LogP contribution is 2.37. The maximum Gasteiger partial charge on any atom is 0.455 e. The summed E-state index contributed by atoms with van der Waals surface area (Å²) >= 11 is 1.39. The van der Waals surface area contributed by atoms with Crippen molar-refractivity contribution in [3.8, 4) is 23.0 Å². The molecular weight excluding hydrogens is 481 g/mol. The molecule has 0 aromatic carbocycles. The Morgan fingerprint density at radius 2 is 1.91 bits per heavy atom. The van der Waals surface area contributed by atoms with Gasteiger partial charge < -0.3 is 4.74 Å². The molecule has 0 fully saturated rings. The number of pyridine rings is 3. The molecule has 178 valence electrons. The van der Waals surface area contributed by atoms with E-state index in [2.05, 4.69) is 15.1 Å². The highest BCUT2D eigenvalue weighted by Gasteiger charge is 2.57. The lowest BCUT2D eigenvalue weighted by Crippen LogP contribution is -2.40. The van der Waals surface area contributed by atoms with Gasteiger partial charge in [0.25, 0.3) is 11.9 Å². The molecule has 4 rings (SSSR count). The second kappa shape index (κ2) is 9.05. The number of fused-ring (bicyclic) bond motifs is 1. The zero-order chi connectivity index (χ0) is 24.5. The molecule has 0 atom stereocenters. The van der Waals surface area contributed by atoms with Gasteiger partial charge in [0, 0.05) is 28.4 Å². The molecule has 4 aromatic rings. The number of halogens is 5. The number of nitrogens with zero attached hydrogens (tertiary/aromatic N) is 5. The topological polar surface area (TPSA) is 76.9 Å². The monoisotopic (exact) mass is 498 g/mol. The highest BCUT2D eigenvalue weighted by molar-refractivity contribution is 7.99. The molecule has 0 aliphatic carbocycles. The van der Waals surface area contributed by atoms with E-state index in [4.69, 9.17) is 4.74 Å². The summed E-state index contributed by atoms with van der Waals surface area (Å²) in [5.74, 6) is -3.67. The number of hydrogen-bond donors (Lipinski definition) is 1. The average Bonchev–Trinajstić information content (AvgIpc) is 3.15. The molecule has 34 heavy (non-hydrogen) atoms. The molecule has 0 unspecified atom stereocenters. The van der Waals surface area contributed by atoms with E-state index in [1.165, 1.54) is 30.2 Å². The Bertz CT molecular complexity index is 1310. The van der Waals surface area contributed by atoms with Gasteiger partial charge in [0.1, 0.15) is 12.2 Å². The molecule has 0 bridgehead atoms. The molecule has 0 saturated heterocycles. The van der Waals surface area contributed by atoms with Crippen LogP contribution in [0, 0.1) is 0 Å². The minimum atomic E-state index is -5.70. The van der Waals surface area contributed by atoms with Crippen molar-refractivity contribution in [3.63, 3.8) is 0 Å². The van der Waals surface area contributed by atoms with Crippen molar-refractivity contribution < 1.29 is 36.6 Å². The zero-order valence-electron chi connectivity index (χ0n) is 17.5. The Morgan fingerprint density at radius 1 is 1.12 bits per heavy atom. The van der Waals surface area contributed by atoms with Crippen molar-refractivity contribution in [2.75, 3.05) is 5.75 Å². The second-order valence-electron chi connectivity index (χ2n) is 7.07.